The molecule has 2 fully saturated rings. The number of hydrogen-bond donors (Lipinski definition) is 2. The van der Waals surface area contributed by atoms with Gasteiger partial charge in [0.15, 0.2) is 0 Å². The number of carbonyl (C=O) groups excluding carboxylic acids is 2. The average Bonchev–Trinajstić information content (AvgIpc) is 2.71. The number of aliphatic hydroxyl groups is 1. The first kappa shape index (κ1) is 20.8. The van der Waals surface area contributed by atoms with Gasteiger partial charge in [0.2, 0.25) is 0 Å². The molecule has 7 nitrogen and oxygen atoms in total. The Hall–Kier alpha value is -1.50. The molecule has 2 aliphatic rings. The number of nitrogens with zero attached hydrogens (tertiary/aromatic N) is 1. The molecule has 1 aliphatic heterocycles. The lowest BCUT2D eigenvalue weighted by atomic mass is 9.74. The fourth-order valence-electron chi connectivity index (χ4n) is 3.89. The van der Waals surface area contributed by atoms with Gasteiger partial charge >= 0.3 is 12.2 Å². The number of rotatable bonds is 1. The summed E-state index contributed by atoms with van der Waals surface area (Å²) in [4.78, 5) is 26.2. The lowest BCUT2D eigenvalue weighted by molar-refractivity contribution is 0.00375. The van der Waals surface area contributed by atoms with Gasteiger partial charge in [-0.2, -0.15) is 0 Å². The zero-order valence-corrected chi connectivity index (χ0v) is 16.9. The first-order valence-corrected chi connectivity index (χ1v) is 9.45. The predicted molar refractivity (Wildman–Crippen MR) is 97.9 cm³/mol. The van der Waals surface area contributed by atoms with Gasteiger partial charge < -0.3 is 24.8 Å². The number of likely N-dealkylation sites (tertiary alicyclic amines) is 1. The summed E-state index contributed by atoms with van der Waals surface area (Å²) >= 11 is 0. The summed E-state index contributed by atoms with van der Waals surface area (Å²) in [6.07, 6.45) is 1.41. The fourth-order valence-corrected chi connectivity index (χ4v) is 3.89. The smallest absolute Gasteiger partial charge is 0.410 e. The molecule has 1 saturated heterocycles. The van der Waals surface area contributed by atoms with Crippen LogP contribution in [0.2, 0.25) is 0 Å². The summed E-state index contributed by atoms with van der Waals surface area (Å²) in [6, 6.07) is -0.145. The zero-order chi connectivity index (χ0) is 19.8. The number of ether oxygens (including phenoxy) is 2. The van der Waals surface area contributed by atoms with E-state index in [1.54, 1.807) is 4.90 Å². The third-order valence-corrected chi connectivity index (χ3v) is 4.99. The maximum atomic E-state index is 12.3. The normalized spacial score (nSPS) is 25.9. The van der Waals surface area contributed by atoms with Crippen LogP contribution in [0.15, 0.2) is 0 Å². The van der Waals surface area contributed by atoms with Gasteiger partial charge in [-0.25, -0.2) is 9.59 Å². The molecular weight excluding hydrogens is 336 g/mol. The van der Waals surface area contributed by atoms with Crippen LogP contribution in [-0.4, -0.2) is 58.6 Å². The molecule has 0 unspecified atom stereocenters. The van der Waals surface area contributed by atoms with Gasteiger partial charge in [0.05, 0.1) is 6.10 Å². The maximum Gasteiger partial charge on any atom is 0.410 e. The standard InChI is InChI=1S/C19H34N2O5/c1-17(2,3)25-15(23)20-14-11-13(22)12-19(14)7-9-21(10-8-19)16(24)26-18(4,5)6/h13-14,22H,7-12H2,1-6H3,(H,20,23)/t13-,14+/m0/s1. The van der Waals surface area contributed by atoms with E-state index in [9.17, 15) is 14.7 Å². The van der Waals surface area contributed by atoms with E-state index in [1.807, 2.05) is 41.5 Å². The van der Waals surface area contributed by atoms with Crippen LogP contribution in [0.5, 0.6) is 0 Å². The predicted octanol–water partition coefficient (Wildman–Crippen LogP) is 3.05. The Bertz CT molecular complexity index is 527. The van der Waals surface area contributed by atoms with Crippen LogP contribution in [0.3, 0.4) is 0 Å². The first-order chi connectivity index (χ1) is 11.8. The second-order valence-corrected chi connectivity index (χ2v) is 9.62. The highest BCUT2D eigenvalue weighted by Gasteiger charge is 2.50. The molecule has 0 aromatic rings. The van der Waals surface area contributed by atoms with E-state index in [-0.39, 0.29) is 17.6 Å². The molecule has 7 heteroatoms. The molecule has 1 spiro atoms. The van der Waals surface area contributed by atoms with Crippen LogP contribution in [0.25, 0.3) is 0 Å². The Balaban J connectivity index is 1.98. The van der Waals surface area contributed by atoms with Crippen molar-refractivity contribution in [2.75, 3.05) is 13.1 Å². The maximum absolute atomic E-state index is 12.3. The van der Waals surface area contributed by atoms with Crippen molar-refractivity contribution in [1.29, 1.82) is 0 Å². The number of carbonyl (C=O) groups is 2. The van der Waals surface area contributed by atoms with Crippen molar-refractivity contribution in [3.8, 4) is 0 Å². The Morgan fingerprint density at radius 1 is 1.04 bits per heavy atom. The van der Waals surface area contributed by atoms with Gasteiger partial charge in [-0.05, 0) is 72.6 Å². The van der Waals surface area contributed by atoms with Crippen molar-refractivity contribution in [3.63, 3.8) is 0 Å². The molecule has 1 heterocycles. The minimum atomic E-state index is -0.561. The van der Waals surface area contributed by atoms with Crippen LogP contribution >= 0.6 is 0 Å². The molecule has 2 amide bonds. The molecular formula is C19H34N2O5. The van der Waals surface area contributed by atoms with Crippen molar-refractivity contribution in [1.82, 2.24) is 10.2 Å². The Morgan fingerprint density at radius 2 is 1.58 bits per heavy atom. The Morgan fingerprint density at radius 3 is 2.08 bits per heavy atom. The quantitative estimate of drug-likeness (QED) is 0.741. The highest BCUT2D eigenvalue weighted by molar-refractivity contribution is 5.69. The second kappa shape index (κ2) is 7.25. The highest BCUT2D eigenvalue weighted by atomic mass is 16.6. The van der Waals surface area contributed by atoms with Crippen molar-refractivity contribution in [3.05, 3.63) is 0 Å². The molecule has 0 bridgehead atoms. The van der Waals surface area contributed by atoms with Gasteiger partial charge in [0.1, 0.15) is 11.2 Å². The second-order valence-electron chi connectivity index (χ2n) is 9.62. The topological polar surface area (TPSA) is 88.1 Å². The largest absolute Gasteiger partial charge is 0.444 e. The van der Waals surface area contributed by atoms with E-state index in [2.05, 4.69) is 5.32 Å². The SMILES string of the molecule is CC(C)(C)OC(=O)N[C@@H]1C[C@H](O)CC12CCN(C(=O)OC(C)(C)C)CC2. The lowest BCUT2D eigenvalue weighted by Crippen LogP contribution is -2.52. The number of alkyl carbamates (subject to hydrolysis) is 1. The van der Waals surface area contributed by atoms with E-state index in [4.69, 9.17) is 9.47 Å². The molecule has 1 saturated carbocycles. The Labute approximate surface area is 156 Å². The van der Waals surface area contributed by atoms with Crippen LogP contribution in [0.1, 0.15) is 67.2 Å². The molecule has 2 N–H and O–H groups in total. The van der Waals surface area contributed by atoms with Crippen molar-refractivity contribution < 1.29 is 24.2 Å². The van der Waals surface area contributed by atoms with Gasteiger partial charge in [-0.3, -0.25) is 0 Å². The van der Waals surface area contributed by atoms with Crippen molar-refractivity contribution in [2.24, 2.45) is 5.41 Å². The third kappa shape index (κ3) is 5.50. The molecule has 2 rings (SSSR count). The first-order valence-electron chi connectivity index (χ1n) is 9.45. The molecule has 26 heavy (non-hydrogen) atoms. The summed E-state index contributed by atoms with van der Waals surface area (Å²) in [5, 5.41) is 13.1. The molecule has 150 valence electrons. The van der Waals surface area contributed by atoms with E-state index in [0.29, 0.717) is 25.9 Å². The number of hydrogen-bond acceptors (Lipinski definition) is 5. The molecule has 1 aliphatic carbocycles. The molecule has 0 aromatic carbocycles. The van der Waals surface area contributed by atoms with Gasteiger partial charge in [-0.1, -0.05) is 0 Å². The fraction of sp³-hybridized carbons (Fsp3) is 0.895. The van der Waals surface area contributed by atoms with E-state index >= 15 is 0 Å². The van der Waals surface area contributed by atoms with Crippen LogP contribution in [0.4, 0.5) is 9.59 Å². The summed E-state index contributed by atoms with van der Waals surface area (Å²) in [5.41, 5.74) is -1.28. The van der Waals surface area contributed by atoms with E-state index in [1.165, 1.54) is 0 Å². The number of amides is 2. The van der Waals surface area contributed by atoms with E-state index < -0.39 is 23.4 Å². The molecule has 2 atom stereocenters. The number of nitrogens with one attached hydrogen (secondary N) is 1. The summed E-state index contributed by atoms with van der Waals surface area (Å²) in [7, 11) is 0. The van der Waals surface area contributed by atoms with Crippen LogP contribution in [-0.2, 0) is 9.47 Å². The van der Waals surface area contributed by atoms with Gasteiger partial charge in [0.25, 0.3) is 0 Å². The zero-order valence-electron chi connectivity index (χ0n) is 16.9. The van der Waals surface area contributed by atoms with Crippen molar-refractivity contribution >= 4 is 12.2 Å². The average molecular weight is 370 g/mol. The van der Waals surface area contributed by atoms with Crippen molar-refractivity contribution in [2.45, 2.75) is 90.6 Å². The van der Waals surface area contributed by atoms with Gasteiger partial charge in [0, 0.05) is 19.1 Å². The van der Waals surface area contributed by atoms with Crippen LogP contribution in [0, 0.1) is 5.41 Å². The molecule has 0 radical (unpaired) electrons. The summed E-state index contributed by atoms with van der Waals surface area (Å²) < 4.78 is 10.8. The van der Waals surface area contributed by atoms with Gasteiger partial charge in [-0.15, -0.1) is 0 Å². The highest BCUT2D eigenvalue weighted by Crippen LogP contribution is 2.46. The van der Waals surface area contributed by atoms with Crippen LogP contribution < -0.4 is 5.32 Å². The summed E-state index contributed by atoms with van der Waals surface area (Å²) in [6.45, 7) is 12.2. The molecule has 0 aromatic heterocycles. The minimum Gasteiger partial charge on any atom is -0.444 e. The minimum absolute atomic E-state index is 0.145. The van der Waals surface area contributed by atoms with E-state index in [0.717, 1.165) is 12.8 Å². The summed E-state index contributed by atoms with van der Waals surface area (Å²) in [5.74, 6) is 0. The third-order valence-electron chi connectivity index (χ3n) is 4.99. The monoisotopic (exact) mass is 370 g/mol. The Kier molecular flexibility index (Phi) is 5.80. The number of aliphatic hydroxyl groups excluding tert-OH is 1. The lowest BCUT2D eigenvalue weighted by Gasteiger charge is -2.43. The number of piperidine rings is 1.